The number of carbonyl (C=O) groups excluding carboxylic acids is 1. The summed E-state index contributed by atoms with van der Waals surface area (Å²) in [7, 11) is 0. The van der Waals surface area contributed by atoms with Crippen LogP contribution in [0.1, 0.15) is 48.2 Å². The highest BCUT2D eigenvalue weighted by molar-refractivity contribution is 7.11. The van der Waals surface area contributed by atoms with Crippen molar-refractivity contribution in [1.82, 2.24) is 9.97 Å². The highest BCUT2D eigenvalue weighted by Gasteiger charge is 2.43. The van der Waals surface area contributed by atoms with Crippen molar-refractivity contribution in [2.24, 2.45) is 5.92 Å². The molecular formula is C26H29N5OS. The predicted octanol–water partition coefficient (Wildman–Crippen LogP) is 5.11. The zero-order valence-corrected chi connectivity index (χ0v) is 19.6. The number of benzene rings is 1. The number of aromatic nitrogens is 2. The molecule has 2 aliphatic carbocycles. The molecule has 2 fully saturated rings. The summed E-state index contributed by atoms with van der Waals surface area (Å²) < 4.78 is 0. The molecule has 2 unspecified atom stereocenters. The van der Waals surface area contributed by atoms with Gasteiger partial charge in [0.1, 0.15) is 16.6 Å². The Kier molecular flexibility index (Phi) is 5.89. The molecule has 3 N–H and O–H groups in total. The average molecular weight is 460 g/mol. The Morgan fingerprint density at radius 1 is 1.30 bits per heavy atom. The van der Waals surface area contributed by atoms with Gasteiger partial charge in [-0.1, -0.05) is 43.8 Å². The third kappa shape index (κ3) is 4.64. The molecule has 0 spiro atoms. The first-order valence-corrected chi connectivity index (χ1v) is 12.4. The van der Waals surface area contributed by atoms with Crippen molar-refractivity contribution in [3.05, 3.63) is 70.7 Å². The van der Waals surface area contributed by atoms with Gasteiger partial charge in [-0.3, -0.25) is 9.69 Å². The standard InChI is InChI=1S/C26H29N5OS/c1-16-14-20(16)23-21(27)15-22(28-11-10-18-6-4-3-5-7-18)30-24(23)31(19-8-9-19)26(32)17(2)25-29-12-13-33-25/h3-7,12-13,15-16,19-20H,2,8-11,14H2,1H3,(H3,27,28,30). The van der Waals surface area contributed by atoms with Gasteiger partial charge in [0.15, 0.2) is 0 Å². The minimum absolute atomic E-state index is 0.129. The van der Waals surface area contributed by atoms with E-state index in [1.54, 1.807) is 6.20 Å². The fourth-order valence-corrected chi connectivity index (χ4v) is 4.90. The zero-order valence-electron chi connectivity index (χ0n) is 18.8. The second-order valence-corrected chi connectivity index (χ2v) is 9.93. The van der Waals surface area contributed by atoms with E-state index < -0.39 is 0 Å². The summed E-state index contributed by atoms with van der Waals surface area (Å²) in [6, 6.07) is 12.4. The molecule has 2 atom stereocenters. The first-order chi connectivity index (χ1) is 16.0. The van der Waals surface area contributed by atoms with Crippen LogP contribution in [0.15, 0.2) is 54.6 Å². The van der Waals surface area contributed by atoms with Crippen molar-refractivity contribution < 1.29 is 4.79 Å². The summed E-state index contributed by atoms with van der Waals surface area (Å²) >= 11 is 1.43. The predicted molar refractivity (Wildman–Crippen MR) is 135 cm³/mol. The van der Waals surface area contributed by atoms with E-state index in [1.807, 2.05) is 34.5 Å². The number of nitrogens with zero attached hydrogens (tertiary/aromatic N) is 3. The molecule has 1 amide bonds. The van der Waals surface area contributed by atoms with Crippen molar-refractivity contribution in [2.75, 3.05) is 22.5 Å². The minimum Gasteiger partial charge on any atom is -0.398 e. The number of hydrogen-bond acceptors (Lipinski definition) is 6. The van der Waals surface area contributed by atoms with Gasteiger partial charge < -0.3 is 11.1 Å². The Morgan fingerprint density at radius 3 is 2.70 bits per heavy atom. The summed E-state index contributed by atoms with van der Waals surface area (Å²) in [5.41, 5.74) is 9.97. The highest BCUT2D eigenvalue weighted by atomic mass is 32.1. The molecule has 0 radical (unpaired) electrons. The van der Waals surface area contributed by atoms with Crippen molar-refractivity contribution in [2.45, 2.75) is 44.6 Å². The Balaban J connectivity index is 1.45. The Hall–Kier alpha value is -3.19. The maximum absolute atomic E-state index is 13.6. The van der Waals surface area contributed by atoms with Crippen LogP contribution in [0, 0.1) is 5.92 Å². The van der Waals surface area contributed by atoms with Gasteiger partial charge >= 0.3 is 0 Å². The molecule has 170 valence electrons. The van der Waals surface area contributed by atoms with Crippen LogP contribution >= 0.6 is 11.3 Å². The number of nitrogens with one attached hydrogen (secondary N) is 1. The lowest BCUT2D eigenvalue weighted by atomic mass is 10.1. The molecule has 2 aliphatic rings. The number of nitrogen functional groups attached to an aromatic ring is 1. The third-order valence-electron chi connectivity index (χ3n) is 6.42. The van der Waals surface area contributed by atoms with E-state index >= 15 is 0 Å². The largest absolute Gasteiger partial charge is 0.398 e. The van der Waals surface area contributed by atoms with Crippen LogP contribution in [-0.4, -0.2) is 28.5 Å². The molecule has 7 heteroatoms. The molecule has 0 saturated heterocycles. The van der Waals surface area contributed by atoms with Gasteiger partial charge in [-0.15, -0.1) is 11.3 Å². The van der Waals surface area contributed by atoms with E-state index in [4.69, 9.17) is 10.7 Å². The van der Waals surface area contributed by atoms with Crippen LogP contribution in [0.4, 0.5) is 17.3 Å². The van der Waals surface area contributed by atoms with E-state index in [9.17, 15) is 4.79 Å². The lowest BCUT2D eigenvalue weighted by molar-refractivity contribution is -0.113. The molecule has 2 aromatic heterocycles. The van der Waals surface area contributed by atoms with Crippen LogP contribution in [0.2, 0.25) is 0 Å². The van der Waals surface area contributed by atoms with Gasteiger partial charge in [-0.05, 0) is 43.1 Å². The van der Waals surface area contributed by atoms with Gasteiger partial charge in [-0.25, -0.2) is 9.97 Å². The number of carbonyl (C=O) groups is 1. The second kappa shape index (κ2) is 8.98. The summed E-state index contributed by atoms with van der Waals surface area (Å²) in [6.45, 7) is 7.02. The van der Waals surface area contributed by atoms with Crippen molar-refractivity contribution in [3.63, 3.8) is 0 Å². The van der Waals surface area contributed by atoms with E-state index in [0.29, 0.717) is 39.7 Å². The van der Waals surface area contributed by atoms with Crippen LogP contribution in [0.25, 0.3) is 5.57 Å². The molecule has 1 aromatic carbocycles. The molecule has 5 rings (SSSR count). The number of rotatable bonds is 9. The van der Waals surface area contributed by atoms with E-state index in [-0.39, 0.29) is 11.9 Å². The van der Waals surface area contributed by atoms with Crippen LogP contribution < -0.4 is 16.0 Å². The maximum atomic E-state index is 13.6. The first-order valence-electron chi connectivity index (χ1n) is 11.5. The molecule has 33 heavy (non-hydrogen) atoms. The fraction of sp³-hybridized carbons (Fsp3) is 0.346. The molecule has 3 aromatic rings. The minimum atomic E-state index is -0.129. The number of pyridine rings is 1. The van der Waals surface area contributed by atoms with Crippen LogP contribution in [0.3, 0.4) is 0 Å². The van der Waals surface area contributed by atoms with Crippen molar-refractivity contribution in [3.8, 4) is 0 Å². The number of nitrogens with two attached hydrogens (primary N) is 1. The summed E-state index contributed by atoms with van der Waals surface area (Å²) in [4.78, 5) is 24.7. The Morgan fingerprint density at radius 2 is 2.06 bits per heavy atom. The van der Waals surface area contributed by atoms with Gasteiger partial charge in [0.2, 0.25) is 0 Å². The summed E-state index contributed by atoms with van der Waals surface area (Å²) in [5.74, 6) is 2.15. The van der Waals surface area contributed by atoms with E-state index in [0.717, 1.165) is 37.8 Å². The lowest BCUT2D eigenvalue weighted by Crippen LogP contribution is -2.35. The number of thiazole rings is 1. The number of amides is 1. The average Bonchev–Trinajstić information content (AvgIpc) is 3.71. The molecule has 2 saturated carbocycles. The third-order valence-corrected chi connectivity index (χ3v) is 7.25. The van der Waals surface area contributed by atoms with Gasteiger partial charge in [0.05, 0.1) is 5.57 Å². The lowest BCUT2D eigenvalue weighted by Gasteiger charge is -2.26. The van der Waals surface area contributed by atoms with Crippen LogP contribution in [-0.2, 0) is 11.2 Å². The molecule has 0 bridgehead atoms. The normalized spacial score (nSPS) is 19.2. The van der Waals surface area contributed by atoms with Crippen molar-refractivity contribution >= 4 is 40.1 Å². The molecule has 6 nitrogen and oxygen atoms in total. The SMILES string of the molecule is C=C(C(=O)N(c1nc(NCCc2ccccc2)cc(N)c1C1CC1C)C1CC1)c1nccs1. The second-order valence-electron chi connectivity index (χ2n) is 9.04. The topological polar surface area (TPSA) is 84.1 Å². The Labute approximate surface area is 198 Å². The fourth-order valence-electron chi connectivity index (χ4n) is 4.30. The van der Waals surface area contributed by atoms with E-state index in [2.05, 4.69) is 35.9 Å². The zero-order chi connectivity index (χ0) is 22.9. The van der Waals surface area contributed by atoms with Gasteiger partial charge in [-0.2, -0.15) is 0 Å². The smallest absolute Gasteiger partial charge is 0.262 e. The van der Waals surface area contributed by atoms with E-state index in [1.165, 1.54) is 16.9 Å². The molecule has 2 heterocycles. The highest BCUT2D eigenvalue weighted by Crippen LogP contribution is 2.53. The van der Waals surface area contributed by atoms with Crippen LogP contribution in [0.5, 0.6) is 0 Å². The quantitative estimate of drug-likeness (QED) is 0.435. The Bertz CT molecular complexity index is 1160. The monoisotopic (exact) mass is 459 g/mol. The summed E-state index contributed by atoms with van der Waals surface area (Å²) in [6.07, 6.45) is 5.57. The van der Waals surface area contributed by atoms with Gasteiger partial charge in [0.25, 0.3) is 5.91 Å². The summed E-state index contributed by atoms with van der Waals surface area (Å²) in [5, 5.41) is 5.93. The maximum Gasteiger partial charge on any atom is 0.262 e. The number of anilines is 3. The molecular weight excluding hydrogens is 430 g/mol. The van der Waals surface area contributed by atoms with Gasteiger partial charge in [0, 0.05) is 41.5 Å². The number of hydrogen-bond donors (Lipinski definition) is 2. The van der Waals surface area contributed by atoms with Crippen molar-refractivity contribution in [1.29, 1.82) is 0 Å². The first kappa shape index (κ1) is 21.6. The molecule has 0 aliphatic heterocycles.